The second kappa shape index (κ2) is 3.66. The Kier molecular flexibility index (Phi) is 2.96. The lowest BCUT2D eigenvalue weighted by Gasteiger charge is -2.21. The molecule has 0 aromatic rings. The third-order valence-electron chi connectivity index (χ3n) is 2.49. The first-order valence-electron chi connectivity index (χ1n) is 4.96. The van der Waals surface area contributed by atoms with Crippen LogP contribution in [0.5, 0.6) is 0 Å². The summed E-state index contributed by atoms with van der Waals surface area (Å²) in [5.74, 6) is 0.131. The van der Waals surface area contributed by atoms with Gasteiger partial charge in [0.1, 0.15) is 0 Å². The molecule has 3 nitrogen and oxygen atoms in total. The molecule has 76 valence electrons. The predicted octanol–water partition coefficient (Wildman–Crippen LogP) is 1.03. The summed E-state index contributed by atoms with van der Waals surface area (Å²) in [6.07, 6.45) is 3.00. The lowest BCUT2D eigenvalue weighted by atomic mass is 9.95. The standard InChI is InChI=1S/C10H20N2O/c1-10(2,3)9(13)12-8-5-4-7(11)6-8/h7-8H,4-6,11H2,1-3H3,(H,12,13)/t7-,8+/m0/s1. The quantitative estimate of drug-likeness (QED) is 0.639. The average molecular weight is 184 g/mol. The van der Waals surface area contributed by atoms with E-state index in [4.69, 9.17) is 5.73 Å². The van der Waals surface area contributed by atoms with Crippen LogP contribution in [-0.4, -0.2) is 18.0 Å². The Morgan fingerprint density at radius 3 is 2.38 bits per heavy atom. The highest BCUT2D eigenvalue weighted by molar-refractivity contribution is 5.81. The van der Waals surface area contributed by atoms with E-state index in [1.807, 2.05) is 20.8 Å². The molecule has 3 N–H and O–H groups in total. The van der Waals surface area contributed by atoms with Gasteiger partial charge >= 0.3 is 0 Å². The van der Waals surface area contributed by atoms with Crippen LogP contribution < -0.4 is 11.1 Å². The highest BCUT2D eigenvalue weighted by atomic mass is 16.2. The van der Waals surface area contributed by atoms with Crippen LogP contribution in [0.1, 0.15) is 40.0 Å². The normalized spacial score (nSPS) is 28.9. The molecule has 0 heterocycles. The molecule has 0 saturated heterocycles. The Bertz CT molecular complexity index is 196. The van der Waals surface area contributed by atoms with Gasteiger partial charge in [0.15, 0.2) is 0 Å². The fourth-order valence-electron chi connectivity index (χ4n) is 1.55. The van der Waals surface area contributed by atoms with Crippen LogP contribution in [0.15, 0.2) is 0 Å². The van der Waals surface area contributed by atoms with Crippen LogP contribution in [0, 0.1) is 5.41 Å². The Balaban J connectivity index is 2.37. The maximum Gasteiger partial charge on any atom is 0.225 e. The van der Waals surface area contributed by atoms with Crippen LogP contribution in [0.3, 0.4) is 0 Å². The van der Waals surface area contributed by atoms with Gasteiger partial charge in [0.2, 0.25) is 5.91 Å². The molecular formula is C10H20N2O. The summed E-state index contributed by atoms with van der Waals surface area (Å²) in [7, 11) is 0. The molecular weight excluding hydrogens is 164 g/mol. The zero-order valence-electron chi connectivity index (χ0n) is 8.76. The van der Waals surface area contributed by atoms with Crippen molar-refractivity contribution in [1.82, 2.24) is 5.32 Å². The summed E-state index contributed by atoms with van der Waals surface area (Å²) in [6, 6.07) is 0.590. The van der Waals surface area contributed by atoms with Crippen molar-refractivity contribution in [2.24, 2.45) is 11.1 Å². The van der Waals surface area contributed by atoms with E-state index in [1.54, 1.807) is 0 Å². The highest BCUT2D eigenvalue weighted by Crippen LogP contribution is 2.20. The maximum absolute atomic E-state index is 11.6. The summed E-state index contributed by atoms with van der Waals surface area (Å²) >= 11 is 0. The van der Waals surface area contributed by atoms with Gasteiger partial charge in [0, 0.05) is 17.5 Å². The number of hydrogen-bond donors (Lipinski definition) is 2. The van der Waals surface area contributed by atoms with Crippen molar-refractivity contribution >= 4 is 5.91 Å². The Morgan fingerprint density at radius 2 is 2.00 bits per heavy atom. The molecule has 2 atom stereocenters. The van der Waals surface area contributed by atoms with E-state index in [0.717, 1.165) is 19.3 Å². The van der Waals surface area contributed by atoms with E-state index in [9.17, 15) is 4.79 Å². The number of nitrogens with one attached hydrogen (secondary N) is 1. The topological polar surface area (TPSA) is 55.1 Å². The van der Waals surface area contributed by atoms with Crippen molar-refractivity contribution in [3.05, 3.63) is 0 Å². The first kappa shape index (κ1) is 10.5. The van der Waals surface area contributed by atoms with E-state index in [0.29, 0.717) is 6.04 Å². The van der Waals surface area contributed by atoms with E-state index in [2.05, 4.69) is 5.32 Å². The van der Waals surface area contributed by atoms with Gasteiger partial charge in [-0.2, -0.15) is 0 Å². The second-order valence-corrected chi connectivity index (χ2v) is 4.99. The number of carbonyl (C=O) groups excluding carboxylic acids is 1. The summed E-state index contributed by atoms with van der Waals surface area (Å²) < 4.78 is 0. The molecule has 1 saturated carbocycles. The lowest BCUT2D eigenvalue weighted by Crippen LogP contribution is -2.41. The minimum atomic E-state index is -0.285. The molecule has 0 aliphatic heterocycles. The molecule has 1 aliphatic carbocycles. The van der Waals surface area contributed by atoms with Crippen molar-refractivity contribution in [2.75, 3.05) is 0 Å². The Labute approximate surface area is 80.1 Å². The van der Waals surface area contributed by atoms with E-state index in [1.165, 1.54) is 0 Å². The van der Waals surface area contributed by atoms with Crippen molar-refractivity contribution in [1.29, 1.82) is 0 Å². The maximum atomic E-state index is 11.6. The van der Waals surface area contributed by atoms with Crippen molar-refractivity contribution < 1.29 is 4.79 Å². The van der Waals surface area contributed by atoms with Crippen LogP contribution in [0.25, 0.3) is 0 Å². The van der Waals surface area contributed by atoms with Gasteiger partial charge in [-0.15, -0.1) is 0 Å². The first-order valence-corrected chi connectivity index (χ1v) is 4.96. The first-order chi connectivity index (χ1) is 5.89. The third kappa shape index (κ3) is 2.99. The SMILES string of the molecule is CC(C)(C)C(=O)N[C@@H]1CC[C@H](N)C1. The Morgan fingerprint density at radius 1 is 1.38 bits per heavy atom. The lowest BCUT2D eigenvalue weighted by molar-refractivity contribution is -0.129. The molecule has 0 unspecified atom stereocenters. The number of hydrogen-bond acceptors (Lipinski definition) is 2. The molecule has 1 rings (SSSR count). The van der Waals surface area contributed by atoms with Crippen LogP contribution >= 0.6 is 0 Å². The predicted molar refractivity (Wildman–Crippen MR) is 53.2 cm³/mol. The molecule has 0 aromatic heterocycles. The van der Waals surface area contributed by atoms with Crippen molar-refractivity contribution in [3.63, 3.8) is 0 Å². The van der Waals surface area contributed by atoms with Crippen molar-refractivity contribution in [2.45, 2.75) is 52.1 Å². The number of nitrogens with two attached hydrogens (primary N) is 1. The molecule has 1 fully saturated rings. The largest absolute Gasteiger partial charge is 0.353 e. The molecule has 13 heavy (non-hydrogen) atoms. The summed E-state index contributed by atoms with van der Waals surface area (Å²) in [4.78, 5) is 11.6. The molecule has 1 amide bonds. The van der Waals surface area contributed by atoms with Gasteiger partial charge < -0.3 is 11.1 Å². The van der Waals surface area contributed by atoms with Crippen LogP contribution in [0.2, 0.25) is 0 Å². The molecule has 0 radical (unpaired) electrons. The van der Waals surface area contributed by atoms with Gasteiger partial charge in [-0.3, -0.25) is 4.79 Å². The van der Waals surface area contributed by atoms with E-state index < -0.39 is 0 Å². The molecule has 3 heteroatoms. The molecule has 0 aromatic carbocycles. The second-order valence-electron chi connectivity index (χ2n) is 4.99. The molecule has 1 aliphatic rings. The fourth-order valence-corrected chi connectivity index (χ4v) is 1.55. The zero-order chi connectivity index (χ0) is 10.1. The number of amides is 1. The van der Waals surface area contributed by atoms with Crippen molar-refractivity contribution in [3.8, 4) is 0 Å². The monoisotopic (exact) mass is 184 g/mol. The molecule has 0 bridgehead atoms. The van der Waals surface area contributed by atoms with Gasteiger partial charge in [0.05, 0.1) is 0 Å². The van der Waals surface area contributed by atoms with Gasteiger partial charge in [-0.05, 0) is 19.3 Å². The summed E-state index contributed by atoms with van der Waals surface area (Å²) in [6.45, 7) is 5.78. The minimum Gasteiger partial charge on any atom is -0.353 e. The van der Waals surface area contributed by atoms with Gasteiger partial charge in [-0.25, -0.2) is 0 Å². The van der Waals surface area contributed by atoms with E-state index in [-0.39, 0.29) is 17.4 Å². The van der Waals surface area contributed by atoms with Gasteiger partial charge in [-0.1, -0.05) is 20.8 Å². The number of rotatable bonds is 1. The Hall–Kier alpha value is -0.570. The van der Waals surface area contributed by atoms with Crippen LogP contribution in [0.4, 0.5) is 0 Å². The molecule has 0 spiro atoms. The van der Waals surface area contributed by atoms with Gasteiger partial charge in [0.25, 0.3) is 0 Å². The smallest absolute Gasteiger partial charge is 0.225 e. The highest BCUT2D eigenvalue weighted by Gasteiger charge is 2.27. The summed E-state index contributed by atoms with van der Waals surface area (Å²) in [5.41, 5.74) is 5.47. The minimum absolute atomic E-state index is 0.131. The third-order valence-corrected chi connectivity index (χ3v) is 2.49. The fraction of sp³-hybridized carbons (Fsp3) is 0.900. The average Bonchev–Trinajstić information content (AvgIpc) is 2.33. The summed E-state index contributed by atoms with van der Waals surface area (Å²) in [5, 5.41) is 3.03. The number of carbonyl (C=O) groups is 1. The van der Waals surface area contributed by atoms with E-state index >= 15 is 0 Å². The van der Waals surface area contributed by atoms with Crippen LogP contribution in [-0.2, 0) is 4.79 Å². The zero-order valence-corrected chi connectivity index (χ0v) is 8.76.